The van der Waals surface area contributed by atoms with Gasteiger partial charge in [0.05, 0.1) is 6.04 Å². The van der Waals surface area contributed by atoms with Gasteiger partial charge in [-0.3, -0.25) is 14.3 Å². The Kier molecular flexibility index (Phi) is 7.57. The number of halogens is 1. The fourth-order valence-corrected chi connectivity index (χ4v) is 4.85. The molecule has 0 aromatic carbocycles. The van der Waals surface area contributed by atoms with E-state index < -0.39 is 0 Å². The number of aromatic nitrogens is 2. The molecular formula is C21H34ClN5O2. The zero-order valence-electron chi connectivity index (χ0n) is 17.4. The Morgan fingerprint density at radius 2 is 1.86 bits per heavy atom. The molecule has 0 saturated carbocycles. The summed E-state index contributed by atoms with van der Waals surface area (Å²) >= 11 is 0. The van der Waals surface area contributed by atoms with Crippen LogP contribution in [0.3, 0.4) is 0 Å². The largest absolute Gasteiger partial charge is 0.342 e. The molecule has 0 spiro atoms. The topological polar surface area (TPSA) is 70.5 Å². The molecule has 29 heavy (non-hydrogen) atoms. The highest BCUT2D eigenvalue weighted by atomic mass is 35.5. The van der Waals surface area contributed by atoms with Crippen molar-refractivity contribution in [3.8, 4) is 0 Å². The Labute approximate surface area is 179 Å². The van der Waals surface area contributed by atoms with Gasteiger partial charge in [-0.2, -0.15) is 5.10 Å². The number of amides is 2. The van der Waals surface area contributed by atoms with E-state index in [0.29, 0.717) is 36.7 Å². The van der Waals surface area contributed by atoms with Crippen molar-refractivity contribution in [3.63, 3.8) is 0 Å². The van der Waals surface area contributed by atoms with Crippen molar-refractivity contribution in [3.05, 3.63) is 18.0 Å². The lowest BCUT2D eigenvalue weighted by atomic mass is 9.92. The van der Waals surface area contributed by atoms with Crippen LogP contribution in [0.1, 0.15) is 62.0 Å². The lowest BCUT2D eigenvalue weighted by Gasteiger charge is -2.37. The van der Waals surface area contributed by atoms with E-state index in [1.807, 2.05) is 21.8 Å². The zero-order chi connectivity index (χ0) is 19.5. The molecule has 4 rings (SSSR count). The summed E-state index contributed by atoms with van der Waals surface area (Å²) in [6.45, 7) is 7.29. The highest BCUT2D eigenvalue weighted by molar-refractivity contribution is 5.92. The van der Waals surface area contributed by atoms with Gasteiger partial charge in [0.25, 0.3) is 5.91 Å². The minimum atomic E-state index is 0. The molecule has 162 valence electrons. The van der Waals surface area contributed by atoms with Crippen LogP contribution in [0.15, 0.2) is 12.3 Å². The number of nitrogens with zero attached hydrogens (tertiary/aromatic N) is 4. The van der Waals surface area contributed by atoms with E-state index in [1.54, 1.807) is 0 Å². The molecule has 2 amide bonds. The smallest absolute Gasteiger partial charge is 0.274 e. The van der Waals surface area contributed by atoms with E-state index in [4.69, 9.17) is 0 Å². The fraction of sp³-hybridized carbons (Fsp3) is 0.762. The lowest BCUT2D eigenvalue weighted by molar-refractivity contribution is -0.138. The third-order valence-electron chi connectivity index (χ3n) is 6.57. The first kappa shape index (κ1) is 22.1. The van der Waals surface area contributed by atoms with E-state index in [0.717, 1.165) is 58.3 Å². The number of piperidine rings is 3. The number of carbonyl (C=O) groups excluding carboxylic acids is 2. The molecule has 3 fully saturated rings. The zero-order valence-corrected chi connectivity index (χ0v) is 18.2. The van der Waals surface area contributed by atoms with E-state index in [9.17, 15) is 9.59 Å². The highest BCUT2D eigenvalue weighted by Gasteiger charge is 2.32. The molecule has 7 nitrogen and oxygen atoms in total. The molecule has 2 atom stereocenters. The number of likely N-dealkylation sites (tertiary alicyclic amines) is 2. The van der Waals surface area contributed by atoms with E-state index in [-0.39, 0.29) is 24.2 Å². The molecule has 8 heteroatoms. The monoisotopic (exact) mass is 423 g/mol. The first-order chi connectivity index (χ1) is 13.6. The van der Waals surface area contributed by atoms with Gasteiger partial charge < -0.3 is 15.1 Å². The van der Waals surface area contributed by atoms with Crippen LogP contribution in [0.25, 0.3) is 0 Å². The normalized spacial score (nSPS) is 26.1. The minimum absolute atomic E-state index is 0. The van der Waals surface area contributed by atoms with Gasteiger partial charge in [0.15, 0.2) is 0 Å². The highest BCUT2D eigenvalue weighted by Crippen LogP contribution is 2.24. The number of hydrogen-bond acceptors (Lipinski definition) is 4. The van der Waals surface area contributed by atoms with Crippen molar-refractivity contribution in [2.45, 2.75) is 51.5 Å². The molecule has 2 unspecified atom stereocenters. The molecule has 0 aliphatic carbocycles. The number of carbonyl (C=O) groups is 2. The van der Waals surface area contributed by atoms with Gasteiger partial charge in [-0.15, -0.1) is 12.4 Å². The van der Waals surface area contributed by atoms with Crippen molar-refractivity contribution in [1.82, 2.24) is 24.9 Å². The minimum Gasteiger partial charge on any atom is -0.342 e. The summed E-state index contributed by atoms with van der Waals surface area (Å²) in [5, 5.41) is 7.94. The van der Waals surface area contributed by atoms with Crippen molar-refractivity contribution >= 4 is 24.2 Å². The average Bonchev–Trinajstić information content (AvgIpc) is 3.24. The van der Waals surface area contributed by atoms with Crippen LogP contribution in [0, 0.1) is 11.8 Å². The van der Waals surface area contributed by atoms with Crippen LogP contribution in [-0.4, -0.2) is 70.7 Å². The van der Waals surface area contributed by atoms with Crippen LogP contribution >= 0.6 is 12.4 Å². The summed E-state index contributed by atoms with van der Waals surface area (Å²) in [4.78, 5) is 29.6. The standard InChI is InChI=1S/C21H33N5O2.ClH/c1-16-4-3-10-25(15-16)20(27)17-6-11-24(12-7-17)21(28)19-8-13-26(23-19)18-5-2-9-22-14-18;/h8,13,16-18,22H,2-7,9-12,14-15H2,1H3;1H. The maximum atomic E-state index is 12.9. The van der Waals surface area contributed by atoms with Crippen LogP contribution in [0.5, 0.6) is 0 Å². The number of hydrogen-bond donors (Lipinski definition) is 1. The summed E-state index contributed by atoms with van der Waals surface area (Å²) in [5.74, 6) is 0.974. The SMILES string of the molecule is CC1CCCN(C(=O)C2CCN(C(=O)c3ccn(C4CCCNC4)n3)CC2)C1.Cl. The summed E-state index contributed by atoms with van der Waals surface area (Å²) in [6, 6.07) is 2.18. The average molecular weight is 424 g/mol. The van der Waals surface area contributed by atoms with E-state index in [2.05, 4.69) is 22.2 Å². The molecule has 3 aliphatic heterocycles. The van der Waals surface area contributed by atoms with Crippen LogP contribution in [0.2, 0.25) is 0 Å². The molecule has 1 aromatic heterocycles. The van der Waals surface area contributed by atoms with Gasteiger partial charge in [-0.05, 0) is 57.1 Å². The summed E-state index contributed by atoms with van der Waals surface area (Å²) in [5.41, 5.74) is 0.528. The second-order valence-electron chi connectivity index (χ2n) is 8.78. The molecule has 0 bridgehead atoms. The number of nitrogens with one attached hydrogen (secondary N) is 1. The third-order valence-corrected chi connectivity index (χ3v) is 6.57. The molecule has 3 saturated heterocycles. The fourth-order valence-electron chi connectivity index (χ4n) is 4.85. The predicted octanol–water partition coefficient (Wildman–Crippen LogP) is 2.34. The molecular weight excluding hydrogens is 390 g/mol. The molecule has 0 radical (unpaired) electrons. The quantitative estimate of drug-likeness (QED) is 0.810. The van der Waals surface area contributed by atoms with Crippen molar-refractivity contribution in [2.24, 2.45) is 11.8 Å². The molecule has 1 aromatic rings. The second-order valence-corrected chi connectivity index (χ2v) is 8.78. The molecule has 4 heterocycles. The van der Waals surface area contributed by atoms with E-state index >= 15 is 0 Å². The van der Waals surface area contributed by atoms with Crippen LogP contribution < -0.4 is 5.32 Å². The number of rotatable bonds is 3. The molecule has 1 N–H and O–H groups in total. The van der Waals surface area contributed by atoms with E-state index in [1.165, 1.54) is 6.42 Å². The second kappa shape index (κ2) is 9.94. The van der Waals surface area contributed by atoms with Crippen molar-refractivity contribution in [2.75, 3.05) is 39.3 Å². The summed E-state index contributed by atoms with van der Waals surface area (Å²) in [7, 11) is 0. The Hall–Kier alpha value is -1.60. The van der Waals surface area contributed by atoms with Crippen molar-refractivity contribution in [1.29, 1.82) is 0 Å². The Morgan fingerprint density at radius 1 is 1.07 bits per heavy atom. The van der Waals surface area contributed by atoms with Crippen LogP contribution in [0.4, 0.5) is 0 Å². The van der Waals surface area contributed by atoms with Gasteiger partial charge in [-0.1, -0.05) is 6.92 Å². The summed E-state index contributed by atoms with van der Waals surface area (Å²) < 4.78 is 1.94. The first-order valence-corrected chi connectivity index (χ1v) is 11.0. The first-order valence-electron chi connectivity index (χ1n) is 11.0. The molecule has 3 aliphatic rings. The van der Waals surface area contributed by atoms with Gasteiger partial charge in [0.1, 0.15) is 5.69 Å². The Balaban J connectivity index is 0.00000240. The summed E-state index contributed by atoms with van der Waals surface area (Å²) in [6.07, 6.45) is 8.05. The Morgan fingerprint density at radius 3 is 2.55 bits per heavy atom. The van der Waals surface area contributed by atoms with Gasteiger partial charge >= 0.3 is 0 Å². The maximum Gasteiger partial charge on any atom is 0.274 e. The van der Waals surface area contributed by atoms with Gasteiger partial charge in [0.2, 0.25) is 5.91 Å². The Bertz CT molecular complexity index is 695. The predicted molar refractivity (Wildman–Crippen MR) is 114 cm³/mol. The van der Waals surface area contributed by atoms with Crippen molar-refractivity contribution < 1.29 is 9.59 Å². The van der Waals surface area contributed by atoms with Crippen LogP contribution in [-0.2, 0) is 4.79 Å². The maximum absolute atomic E-state index is 12.9. The van der Waals surface area contributed by atoms with Gasteiger partial charge in [-0.25, -0.2) is 0 Å². The third kappa shape index (κ3) is 5.12. The lowest BCUT2D eigenvalue weighted by Crippen LogP contribution is -2.47. The van der Waals surface area contributed by atoms with Gasteiger partial charge in [0, 0.05) is 44.8 Å².